The number of benzene rings is 1. The SMILES string of the molecule is O=C(OCc1ccc([N+](=O)[O-])cc1)C1CCC(OC(=O)C(F)(F)F)CN1. The first-order valence-electron chi connectivity index (χ1n) is 7.58. The zero-order chi connectivity index (χ0) is 19.3. The first-order valence-corrected chi connectivity index (χ1v) is 7.58. The highest BCUT2D eigenvalue weighted by Gasteiger charge is 2.43. The Morgan fingerprint density at radius 3 is 2.38 bits per heavy atom. The number of non-ortho nitro benzene ring substituents is 1. The number of alkyl halides is 3. The van der Waals surface area contributed by atoms with Crippen LogP contribution in [0.15, 0.2) is 24.3 Å². The minimum absolute atomic E-state index is 0.0894. The molecule has 0 aliphatic carbocycles. The van der Waals surface area contributed by atoms with Crippen LogP contribution in [0.4, 0.5) is 18.9 Å². The van der Waals surface area contributed by atoms with Gasteiger partial charge in [-0.05, 0) is 30.5 Å². The average Bonchev–Trinajstić information content (AvgIpc) is 2.59. The summed E-state index contributed by atoms with van der Waals surface area (Å²) >= 11 is 0. The number of piperidine rings is 1. The van der Waals surface area contributed by atoms with Crippen LogP contribution in [0, 0.1) is 10.1 Å². The maximum atomic E-state index is 12.1. The number of ether oxygens (including phenoxy) is 2. The van der Waals surface area contributed by atoms with Crippen LogP contribution in [0.5, 0.6) is 0 Å². The second-order valence-corrected chi connectivity index (χ2v) is 5.59. The van der Waals surface area contributed by atoms with E-state index in [1.807, 2.05) is 0 Å². The van der Waals surface area contributed by atoms with Gasteiger partial charge in [0.2, 0.25) is 0 Å². The van der Waals surface area contributed by atoms with Crippen molar-refractivity contribution in [3.05, 3.63) is 39.9 Å². The second-order valence-electron chi connectivity index (χ2n) is 5.59. The molecule has 8 nitrogen and oxygen atoms in total. The van der Waals surface area contributed by atoms with Gasteiger partial charge in [-0.1, -0.05) is 0 Å². The van der Waals surface area contributed by atoms with Gasteiger partial charge in [0.1, 0.15) is 18.8 Å². The van der Waals surface area contributed by atoms with Crippen molar-refractivity contribution in [2.45, 2.75) is 37.8 Å². The zero-order valence-electron chi connectivity index (χ0n) is 13.3. The topological polar surface area (TPSA) is 108 Å². The van der Waals surface area contributed by atoms with E-state index in [9.17, 15) is 32.9 Å². The molecule has 1 saturated heterocycles. The summed E-state index contributed by atoms with van der Waals surface area (Å²) in [6.07, 6.45) is -5.79. The van der Waals surface area contributed by atoms with Crippen molar-refractivity contribution in [1.29, 1.82) is 0 Å². The monoisotopic (exact) mass is 376 g/mol. The van der Waals surface area contributed by atoms with Crippen LogP contribution in [-0.2, 0) is 25.7 Å². The fourth-order valence-corrected chi connectivity index (χ4v) is 2.32. The molecule has 1 aromatic carbocycles. The highest BCUT2D eigenvalue weighted by Crippen LogP contribution is 2.21. The Morgan fingerprint density at radius 1 is 1.23 bits per heavy atom. The largest absolute Gasteiger partial charge is 0.490 e. The fraction of sp³-hybridized carbons (Fsp3) is 0.467. The number of nitro benzene ring substituents is 1. The predicted octanol–water partition coefficient (Wildman–Crippen LogP) is 1.86. The number of nitrogens with zero attached hydrogens (tertiary/aromatic N) is 1. The summed E-state index contributed by atoms with van der Waals surface area (Å²) < 4.78 is 45.8. The van der Waals surface area contributed by atoms with Gasteiger partial charge in [0.05, 0.1) is 4.92 Å². The van der Waals surface area contributed by atoms with E-state index in [0.717, 1.165) is 0 Å². The summed E-state index contributed by atoms with van der Waals surface area (Å²) in [6, 6.07) is 4.73. The number of halogens is 3. The molecule has 0 aromatic heterocycles. The second kappa shape index (κ2) is 8.13. The summed E-state index contributed by atoms with van der Waals surface area (Å²) in [7, 11) is 0. The van der Waals surface area contributed by atoms with Crippen LogP contribution >= 0.6 is 0 Å². The highest BCUT2D eigenvalue weighted by atomic mass is 19.4. The predicted molar refractivity (Wildman–Crippen MR) is 79.9 cm³/mol. The lowest BCUT2D eigenvalue weighted by Crippen LogP contribution is -2.48. The average molecular weight is 376 g/mol. The number of carbonyl (C=O) groups is 2. The van der Waals surface area contributed by atoms with Gasteiger partial charge in [-0.25, -0.2) is 4.79 Å². The summed E-state index contributed by atoms with van der Waals surface area (Å²) in [5, 5.41) is 13.2. The maximum Gasteiger partial charge on any atom is 0.490 e. The number of hydrogen-bond donors (Lipinski definition) is 1. The van der Waals surface area contributed by atoms with E-state index >= 15 is 0 Å². The Bertz CT molecular complexity index is 669. The Morgan fingerprint density at radius 2 is 1.88 bits per heavy atom. The van der Waals surface area contributed by atoms with Gasteiger partial charge in [-0.15, -0.1) is 0 Å². The number of nitrogens with one attached hydrogen (secondary N) is 1. The highest BCUT2D eigenvalue weighted by molar-refractivity contribution is 5.76. The van der Waals surface area contributed by atoms with Gasteiger partial charge < -0.3 is 14.8 Å². The van der Waals surface area contributed by atoms with E-state index in [4.69, 9.17) is 4.74 Å². The Labute approximate surface area is 145 Å². The van der Waals surface area contributed by atoms with E-state index in [-0.39, 0.29) is 31.7 Å². The molecule has 142 valence electrons. The third-order valence-electron chi connectivity index (χ3n) is 3.69. The van der Waals surface area contributed by atoms with Crippen LogP contribution in [0.25, 0.3) is 0 Å². The molecule has 0 saturated carbocycles. The van der Waals surface area contributed by atoms with Crippen molar-refractivity contribution in [3.63, 3.8) is 0 Å². The molecular formula is C15H15F3N2O6. The molecule has 0 radical (unpaired) electrons. The van der Waals surface area contributed by atoms with Crippen molar-refractivity contribution in [3.8, 4) is 0 Å². The molecule has 2 atom stereocenters. The van der Waals surface area contributed by atoms with Crippen molar-refractivity contribution < 1.29 is 37.2 Å². The molecule has 1 N–H and O–H groups in total. The van der Waals surface area contributed by atoms with Crippen molar-refractivity contribution >= 4 is 17.6 Å². The lowest BCUT2D eigenvalue weighted by molar-refractivity contribution is -0.384. The van der Waals surface area contributed by atoms with E-state index in [1.165, 1.54) is 24.3 Å². The van der Waals surface area contributed by atoms with Crippen LogP contribution in [0.3, 0.4) is 0 Å². The molecule has 1 aliphatic rings. The van der Waals surface area contributed by atoms with Gasteiger partial charge in [-0.2, -0.15) is 13.2 Å². The first kappa shape index (κ1) is 19.6. The van der Waals surface area contributed by atoms with E-state index < -0.39 is 35.2 Å². The number of hydrogen-bond acceptors (Lipinski definition) is 7. The fourth-order valence-electron chi connectivity index (χ4n) is 2.32. The minimum atomic E-state index is -5.06. The molecule has 0 bridgehead atoms. The maximum absolute atomic E-state index is 12.1. The van der Waals surface area contributed by atoms with E-state index in [2.05, 4.69) is 10.1 Å². The smallest absolute Gasteiger partial charge is 0.460 e. The molecule has 11 heteroatoms. The van der Waals surface area contributed by atoms with Gasteiger partial charge in [0.15, 0.2) is 0 Å². The van der Waals surface area contributed by atoms with Gasteiger partial charge in [-0.3, -0.25) is 14.9 Å². The normalized spacial score (nSPS) is 20.3. The number of carbonyl (C=O) groups excluding carboxylic acids is 2. The van der Waals surface area contributed by atoms with Gasteiger partial charge in [0.25, 0.3) is 5.69 Å². The van der Waals surface area contributed by atoms with Crippen molar-refractivity contribution in [2.75, 3.05) is 6.54 Å². The van der Waals surface area contributed by atoms with Crippen LogP contribution in [-0.4, -0.2) is 41.7 Å². The molecule has 1 aromatic rings. The number of nitro groups is 1. The first-order chi connectivity index (χ1) is 12.2. The minimum Gasteiger partial charge on any atom is -0.460 e. The van der Waals surface area contributed by atoms with Crippen molar-refractivity contribution in [1.82, 2.24) is 5.32 Å². The quantitative estimate of drug-likeness (QED) is 0.475. The molecule has 1 aliphatic heterocycles. The molecule has 0 spiro atoms. The number of esters is 2. The molecular weight excluding hydrogens is 361 g/mol. The molecule has 1 fully saturated rings. The van der Waals surface area contributed by atoms with Gasteiger partial charge in [0, 0.05) is 18.7 Å². The summed E-state index contributed by atoms with van der Waals surface area (Å²) in [4.78, 5) is 32.7. The van der Waals surface area contributed by atoms with Crippen LogP contribution in [0.1, 0.15) is 18.4 Å². The van der Waals surface area contributed by atoms with E-state index in [0.29, 0.717) is 5.56 Å². The molecule has 2 unspecified atom stereocenters. The molecule has 0 amide bonds. The summed E-state index contributed by atoms with van der Waals surface area (Å²) in [6.45, 7) is -0.194. The summed E-state index contributed by atoms with van der Waals surface area (Å²) in [5.41, 5.74) is 0.463. The third-order valence-corrected chi connectivity index (χ3v) is 3.69. The lowest BCUT2D eigenvalue weighted by Gasteiger charge is -2.28. The number of rotatable bonds is 5. The third kappa shape index (κ3) is 5.41. The Kier molecular flexibility index (Phi) is 6.14. The zero-order valence-corrected chi connectivity index (χ0v) is 13.3. The molecule has 1 heterocycles. The Hall–Kier alpha value is -2.69. The van der Waals surface area contributed by atoms with E-state index in [1.54, 1.807) is 0 Å². The molecule has 2 rings (SSSR count). The lowest BCUT2D eigenvalue weighted by atomic mass is 10.0. The summed E-state index contributed by atoms with van der Waals surface area (Å²) in [5.74, 6) is -2.87. The van der Waals surface area contributed by atoms with Gasteiger partial charge >= 0.3 is 18.1 Å². The Balaban J connectivity index is 1.76. The standard InChI is InChI=1S/C15H15F3N2O6/c16-15(17,18)14(22)26-11-5-6-12(19-7-11)13(21)25-8-9-1-3-10(4-2-9)20(23)24/h1-4,11-12,19H,5-8H2. The van der Waals surface area contributed by atoms with Crippen LogP contribution in [0.2, 0.25) is 0 Å². The van der Waals surface area contributed by atoms with Crippen molar-refractivity contribution in [2.24, 2.45) is 0 Å². The van der Waals surface area contributed by atoms with Crippen LogP contribution < -0.4 is 5.32 Å². The molecule has 26 heavy (non-hydrogen) atoms.